The minimum Gasteiger partial charge on any atom is -0.257 e. The van der Waals surface area contributed by atoms with Crippen molar-refractivity contribution in [1.82, 2.24) is 0 Å². The highest BCUT2D eigenvalue weighted by atomic mass is 127. The first-order valence-corrected chi connectivity index (χ1v) is 5.69. The Morgan fingerprint density at radius 3 is 2.31 bits per heavy atom. The molecule has 0 N–H and O–H groups in total. The summed E-state index contributed by atoms with van der Waals surface area (Å²) in [6.07, 6.45) is 0.396. The fourth-order valence-corrected chi connectivity index (χ4v) is 1.54. The highest BCUT2D eigenvalue weighted by Crippen LogP contribution is 2.16. The Morgan fingerprint density at radius 1 is 1.31 bits per heavy atom. The Kier molecular flexibility index (Phi) is 4.14. The van der Waals surface area contributed by atoms with Crippen LogP contribution in [-0.2, 0) is 15.2 Å². The zero-order chi connectivity index (χ0) is 9.84. The first-order valence-electron chi connectivity index (χ1n) is 3.51. The monoisotopic (exact) mass is 311 g/mol. The van der Waals surface area contributed by atoms with Gasteiger partial charge in [0.25, 0.3) is 11.0 Å². The number of halogens is 1. The van der Waals surface area contributed by atoms with Crippen LogP contribution < -0.4 is 0 Å². The second-order valence-electron chi connectivity index (χ2n) is 2.38. The van der Waals surface area contributed by atoms with E-state index in [1.54, 1.807) is 6.92 Å². The summed E-state index contributed by atoms with van der Waals surface area (Å²) in [6, 6.07) is 7.41. The molecule has 0 fully saturated rings. The predicted octanol–water partition coefficient (Wildman–Crippen LogP) is 1.73. The van der Waals surface area contributed by atoms with Crippen molar-refractivity contribution in [2.24, 2.45) is 0 Å². The fraction of sp³-hybridized carbons (Fsp3) is 0.125. The van der Waals surface area contributed by atoms with Crippen LogP contribution in [0.3, 0.4) is 0 Å². The van der Waals surface area contributed by atoms with E-state index in [1.807, 2.05) is 24.3 Å². The van der Waals surface area contributed by atoms with Crippen molar-refractivity contribution in [3.63, 3.8) is 0 Å². The molecule has 0 aliphatic rings. The average molecular weight is 311 g/mol. The van der Waals surface area contributed by atoms with E-state index in [0.717, 1.165) is 9.13 Å². The van der Waals surface area contributed by atoms with Crippen LogP contribution in [-0.4, -0.2) is 8.42 Å². The number of thiol groups is 1. The maximum absolute atomic E-state index is 10.2. The molecule has 0 unspecified atom stereocenters. The highest BCUT2D eigenvalue weighted by molar-refractivity contribution is 14.1. The maximum Gasteiger partial charge on any atom is 0.258 e. The number of hydrogen-bond acceptors (Lipinski definition) is 3. The molecule has 0 heterocycles. The van der Waals surface area contributed by atoms with E-state index < -0.39 is 11.0 Å². The van der Waals surface area contributed by atoms with Gasteiger partial charge in [-0.25, -0.2) is 8.42 Å². The van der Waals surface area contributed by atoms with E-state index in [1.165, 1.54) is 0 Å². The molecule has 5 heteroatoms. The average Bonchev–Trinajstić information content (AvgIpc) is 2.04. The highest BCUT2D eigenvalue weighted by Gasteiger charge is 2.07. The maximum atomic E-state index is 10.2. The second-order valence-corrected chi connectivity index (χ2v) is 4.25. The van der Waals surface area contributed by atoms with Crippen molar-refractivity contribution in [3.05, 3.63) is 39.5 Å². The summed E-state index contributed by atoms with van der Waals surface area (Å²) in [4.78, 5) is 0. The first kappa shape index (κ1) is 10.9. The zero-order valence-electron chi connectivity index (χ0n) is 6.86. The molecule has 13 heavy (non-hydrogen) atoms. The molecule has 0 spiro atoms. The Labute approximate surface area is 92.4 Å². The van der Waals surface area contributed by atoms with Gasteiger partial charge in [0.05, 0.1) is 0 Å². The quantitative estimate of drug-likeness (QED) is 0.683. The molecule has 0 aliphatic carbocycles. The lowest BCUT2D eigenvalue weighted by atomic mass is 10.1. The number of benzene rings is 1. The smallest absolute Gasteiger partial charge is 0.257 e. The fourth-order valence-electron chi connectivity index (χ4n) is 0.849. The van der Waals surface area contributed by atoms with Crippen LogP contribution >= 0.6 is 22.6 Å². The summed E-state index contributed by atoms with van der Waals surface area (Å²) in [6.45, 7) is 1.62. The zero-order valence-corrected chi connectivity index (χ0v) is 9.91. The molecule has 0 aromatic heterocycles. The summed E-state index contributed by atoms with van der Waals surface area (Å²) in [7, 11) is -2.81. The molecule has 1 aromatic rings. The molecule has 0 amide bonds. The SMILES string of the molecule is C[C](O[SH](=O)=O)c1ccc(I)cc1. The molecule has 0 aliphatic heterocycles. The molecule has 1 radical (unpaired) electrons. The third-order valence-corrected chi connectivity index (χ3v) is 2.60. The van der Waals surface area contributed by atoms with Crippen molar-refractivity contribution in [2.75, 3.05) is 0 Å². The van der Waals surface area contributed by atoms with E-state index in [4.69, 9.17) is 0 Å². The number of rotatable bonds is 3. The van der Waals surface area contributed by atoms with Gasteiger partial charge in [0, 0.05) is 3.57 Å². The van der Waals surface area contributed by atoms with Gasteiger partial charge < -0.3 is 0 Å². The standard InChI is InChI=1S/C8H8IO3S/c1-6(12-13(10)11)7-2-4-8(9)5-3-7/h2-5,13H,1H3. The van der Waals surface area contributed by atoms with Crippen LogP contribution in [0.5, 0.6) is 0 Å². The van der Waals surface area contributed by atoms with Gasteiger partial charge in [-0.15, -0.1) is 0 Å². The minimum absolute atomic E-state index is 0.396. The van der Waals surface area contributed by atoms with E-state index in [-0.39, 0.29) is 0 Å². The van der Waals surface area contributed by atoms with Gasteiger partial charge in [0.1, 0.15) is 6.10 Å². The van der Waals surface area contributed by atoms with Gasteiger partial charge in [-0.3, -0.25) is 4.18 Å². The van der Waals surface area contributed by atoms with Gasteiger partial charge in [0.15, 0.2) is 0 Å². The normalized spacial score (nSPS) is 11.1. The van der Waals surface area contributed by atoms with Crippen molar-refractivity contribution >= 4 is 33.6 Å². The van der Waals surface area contributed by atoms with Crippen molar-refractivity contribution in [2.45, 2.75) is 6.92 Å². The van der Waals surface area contributed by atoms with Crippen LogP contribution in [0.25, 0.3) is 0 Å². The van der Waals surface area contributed by atoms with Gasteiger partial charge in [-0.05, 0) is 47.2 Å². The second kappa shape index (κ2) is 4.92. The Morgan fingerprint density at radius 2 is 1.85 bits per heavy atom. The molecule has 0 saturated heterocycles. The summed E-state index contributed by atoms with van der Waals surface area (Å²) in [5.41, 5.74) is 0.777. The molecule has 0 bridgehead atoms. The van der Waals surface area contributed by atoms with Crippen LogP contribution in [0.1, 0.15) is 12.5 Å². The molecular weight excluding hydrogens is 303 g/mol. The largest absolute Gasteiger partial charge is 0.258 e. The predicted molar refractivity (Wildman–Crippen MR) is 58.6 cm³/mol. The van der Waals surface area contributed by atoms with Crippen LogP contribution in [0, 0.1) is 9.67 Å². The minimum atomic E-state index is -2.81. The Bertz CT molecular complexity index is 337. The van der Waals surface area contributed by atoms with Gasteiger partial charge >= 0.3 is 0 Å². The van der Waals surface area contributed by atoms with E-state index in [0.29, 0.717) is 6.10 Å². The number of hydrogen-bond donors (Lipinski definition) is 1. The van der Waals surface area contributed by atoms with Crippen LogP contribution in [0.15, 0.2) is 24.3 Å². The third kappa shape index (κ3) is 3.61. The van der Waals surface area contributed by atoms with Gasteiger partial charge in [-0.2, -0.15) is 0 Å². The molecule has 0 atom stereocenters. The van der Waals surface area contributed by atoms with E-state index >= 15 is 0 Å². The first-order chi connectivity index (χ1) is 6.09. The van der Waals surface area contributed by atoms with Crippen LogP contribution in [0.2, 0.25) is 0 Å². The van der Waals surface area contributed by atoms with Gasteiger partial charge in [-0.1, -0.05) is 12.1 Å². The van der Waals surface area contributed by atoms with Crippen molar-refractivity contribution < 1.29 is 12.6 Å². The lowest BCUT2D eigenvalue weighted by Crippen LogP contribution is -1.99. The molecule has 3 nitrogen and oxygen atoms in total. The van der Waals surface area contributed by atoms with E-state index in [2.05, 4.69) is 26.8 Å². The molecule has 1 aromatic carbocycles. The van der Waals surface area contributed by atoms with Crippen molar-refractivity contribution in [3.8, 4) is 0 Å². The lowest BCUT2D eigenvalue weighted by molar-refractivity contribution is 0.372. The Balaban J connectivity index is 2.77. The summed E-state index contributed by atoms with van der Waals surface area (Å²) < 4.78 is 26.1. The topological polar surface area (TPSA) is 43.4 Å². The summed E-state index contributed by atoms with van der Waals surface area (Å²) in [5, 5.41) is 0. The van der Waals surface area contributed by atoms with Crippen molar-refractivity contribution in [1.29, 1.82) is 0 Å². The van der Waals surface area contributed by atoms with E-state index in [9.17, 15) is 8.42 Å². The third-order valence-electron chi connectivity index (χ3n) is 1.46. The molecule has 1 rings (SSSR count). The summed E-state index contributed by atoms with van der Waals surface area (Å²) in [5.74, 6) is 0. The Hall–Kier alpha value is -0.140. The molecular formula is C8H8IO3S. The summed E-state index contributed by atoms with van der Waals surface area (Å²) >= 11 is 2.18. The molecule has 0 saturated carbocycles. The van der Waals surface area contributed by atoms with Crippen LogP contribution in [0.4, 0.5) is 0 Å². The lowest BCUT2D eigenvalue weighted by Gasteiger charge is -2.06. The van der Waals surface area contributed by atoms with Gasteiger partial charge in [0.2, 0.25) is 0 Å². The molecule has 71 valence electrons.